The summed E-state index contributed by atoms with van der Waals surface area (Å²) in [5.74, 6) is 0. The molecule has 0 spiro atoms. The summed E-state index contributed by atoms with van der Waals surface area (Å²) in [6, 6.07) is 0. The van der Waals surface area contributed by atoms with Gasteiger partial charge in [0.2, 0.25) is 0 Å². The van der Waals surface area contributed by atoms with Crippen molar-refractivity contribution in [3.8, 4) is 0 Å². The topological polar surface area (TPSA) is 61.3 Å². The molecule has 0 aliphatic carbocycles. The second-order valence-electron chi connectivity index (χ2n) is 2.43. The number of rotatable bonds is 2. The Kier molecular flexibility index (Phi) is 2.45. The maximum absolute atomic E-state index is 5.41. The Morgan fingerprint density at radius 3 is 1.78 bits per heavy atom. The molecule has 0 aromatic rings. The van der Waals surface area contributed by atoms with Crippen LogP contribution >= 0.6 is 0 Å². The van der Waals surface area contributed by atoms with Crippen molar-refractivity contribution >= 4 is 0 Å². The predicted molar refractivity (Wildman–Crippen MR) is 36.0 cm³/mol. The minimum Gasteiger partial charge on any atom is -0.372 e. The Labute approximate surface area is 55.4 Å². The quantitative estimate of drug-likeness (QED) is 0.527. The highest BCUT2D eigenvalue weighted by atomic mass is 16.5. The van der Waals surface area contributed by atoms with E-state index >= 15 is 0 Å². The highest BCUT2D eigenvalue weighted by Crippen LogP contribution is 2.17. The van der Waals surface area contributed by atoms with Crippen molar-refractivity contribution in [3.05, 3.63) is 0 Å². The molecule has 0 unspecified atom stereocenters. The number of hydrogen-bond donors (Lipinski definition) is 2. The maximum Gasteiger partial charge on any atom is 0.0702 e. The molecule has 0 radical (unpaired) electrons. The van der Waals surface area contributed by atoms with Crippen LogP contribution in [-0.4, -0.2) is 25.3 Å². The lowest BCUT2D eigenvalue weighted by Crippen LogP contribution is -2.24. The van der Waals surface area contributed by atoms with E-state index in [4.69, 9.17) is 16.2 Å². The third-order valence-electron chi connectivity index (χ3n) is 1.72. The molecule has 0 aromatic carbocycles. The summed E-state index contributed by atoms with van der Waals surface area (Å²) in [6.45, 7) is 1.27. The minimum absolute atomic E-state index is 0.276. The molecule has 1 heterocycles. The van der Waals surface area contributed by atoms with Crippen LogP contribution in [-0.2, 0) is 4.74 Å². The van der Waals surface area contributed by atoms with E-state index in [-0.39, 0.29) is 12.2 Å². The van der Waals surface area contributed by atoms with E-state index in [1.807, 2.05) is 0 Å². The fourth-order valence-electron chi connectivity index (χ4n) is 1.13. The van der Waals surface area contributed by atoms with Crippen LogP contribution in [0.1, 0.15) is 12.8 Å². The van der Waals surface area contributed by atoms with Crippen molar-refractivity contribution in [1.29, 1.82) is 0 Å². The summed E-state index contributed by atoms with van der Waals surface area (Å²) < 4.78 is 5.41. The maximum atomic E-state index is 5.41. The van der Waals surface area contributed by atoms with Gasteiger partial charge in [0, 0.05) is 13.1 Å². The van der Waals surface area contributed by atoms with Crippen molar-refractivity contribution in [3.63, 3.8) is 0 Å². The van der Waals surface area contributed by atoms with E-state index in [1.165, 1.54) is 0 Å². The Morgan fingerprint density at radius 1 is 1.11 bits per heavy atom. The molecule has 1 fully saturated rings. The third-order valence-corrected chi connectivity index (χ3v) is 1.72. The van der Waals surface area contributed by atoms with Gasteiger partial charge in [-0.2, -0.15) is 0 Å². The lowest BCUT2D eigenvalue weighted by Gasteiger charge is -2.08. The van der Waals surface area contributed by atoms with Crippen LogP contribution in [0.2, 0.25) is 0 Å². The van der Waals surface area contributed by atoms with E-state index in [0.29, 0.717) is 13.1 Å². The Hall–Kier alpha value is -0.120. The Morgan fingerprint density at radius 2 is 1.56 bits per heavy atom. The first-order valence-electron chi connectivity index (χ1n) is 3.42. The van der Waals surface area contributed by atoms with Gasteiger partial charge in [-0.15, -0.1) is 0 Å². The van der Waals surface area contributed by atoms with E-state index < -0.39 is 0 Å². The summed E-state index contributed by atoms with van der Waals surface area (Å²) >= 11 is 0. The molecule has 2 atom stereocenters. The summed E-state index contributed by atoms with van der Waals surface area (Å²) in [6.07, 6.45) is 2.72. The molecule has 1 rings (SSSR count). The Balaban J connectivity index is 2.20. The summed E-state index contributed by atoms with van der Waals surface area (Å²) in [5, 5.41) is 0. The predicted octanol–water partition coefficient (Wildman–Crippen LogP) is -0.549. The largest absolute Gasteiger partial charge is 0.372 e. The molecule has 1 aliphatic heterocycles. The van der Waals surface area contributed by atoms with Crippen molar-refractivity contribution in [2.75, 3.05) is 13.1 Å². The van der Waals surface area contributed by atoms with Crippen LogP contribution < -0.4 is 11.5 Å². The fourth-order valence-corrected chi connectivity index (χ4v) is 1.13. The Bertz CT molecular complexity index is 77.1. The lowest BCUT2D eigenvalue weighted by atomic mass is 10.2. The van der Waals surface area contributed by atoms with Crippen LogP contribution in [0.3, 0.4) is 0 Å². The van der Waals surface area contributed by atoms with Gasteiger partial charge in [0.15, 0.2) is 0 Å². The van der Waals surface area contributed by atoms with Gasteiger partial charge in [-0.05, 0) is 12.8 Å². The summed E-state index contributed by atoms with van der Waals surface area (Å²) in [5.41, 5.74) is 10.8. The zero-order valence-corrected chi connectivity index (χ0v) is 5.55. The average Bonchev–Trinajstić information content (AvgIpc) is 2.34. The molecule has 3 heteroatoms. The first-order valence-corrected chi connectivity index (χ1v) is 3.42. The van der Waals surface area contributed by atoms with Gasteiger partial charge >= 0.3 is 0 Å². The number of ether oxygens (including phenoxy) is 1. The number of nitrogens with two attached hydrogens (primary N) is 2. The second kappa shape index (κ2) is 3.15. The first-order chi connectivity index (χ1) is 4.36. The molecular formula is C6H14N2O. The van der Waals surface area contributed by atoms with Crippen molar-refractivity contribution in [2.45, 2.75) is 25.0 Å². The zero-order valence-electron chi connectivity index (χ0n) is 5.55. The molecule has 0 aromatic heterocycles. The zero-order chi connectivity index (χ0) is 6.69. The van der Waals surface area contributed by atoms with Crippen molar-refractivity contribution in [2.24, 2.45) is 11.5 Å². The van der Waals surface area contributed by atoms with Crippen LogP contribution in [0.4, 0.5) is 0 Å². The SMILES string of the molecule is NC[C@@H]1CC[C@H](CN)O1. The van der Waals surface area contributed by atoms with Gasteiger partial charge in [-0.25, -0.2) is 0 Å². The highest BCUT2D eigenvalue weighted by molar-refractivity contribution is 4.74. The standard InChI is InChI=1S/C6H14N2O/c7-3-5-1-2-6(4-8)9-5/h5-6H,1-4,7-8H2/t5-,6+. The van der Waals surface area contributed by atoms with Gasteiger partial charge in [0.1, 0.15) is 0 Å². The van der Waals surface area contributed by atoms with E-state index in [2.05, 4.69) is 0 Å². The van der Waals surface area contributed by atoms with E-state index in [9.17, 15) is 0 Å². The highest BCUT2D eigenvalue weighted by Gasteiger charge is 2.22. The molecule has 3 nitrogen and oxygen atoms in total. The number of hydrogen-bond acceptors (Lipinski definition) is 3. The van der Waals surface area contributed by atoms with E-state index in [0.717, 1.165) is 12.8 Å². The van der Waals surface area contributed by atoms with Gasteiger partial charge in [-0.3, -0.25) is 0 Å². The van der Waals surface area contributed by atoms with Gasteiger partial charge < -0.3 is 16.2 Å². The molecule has 0 bridgehead atoms. The molecular weight excluding hydrogens is 116 g/mol. The van der Waals surface area contributed by atoms with Crippen LogP contribution in [0.25, 0.3) is 0 Å². The minimum atomic E-state index is 0.276. The van der Waals surface area contributed by atoms with Crippen LogP contribution in [0, 0.1) is 0 Å². The molecule has 1 saturated heterocycles. The normalized spacial score (nSPS) is 35.3. The smallest absolute Gasteiger partial charge is 0.0702 e. The molecule has 0 saturated carbocycles. The summed E-state index contributed by atoms with van der Waals surface area (Å²) in [7, 11) is 0. The lowest BCUT2D eigenvalue weighted by molar-refractivity contribution is 0.0555. The third kappa shape index (κ3) is 1.64. The second-order valence-corrected chi connectivity index (χ2v) is 2.43. The van der Waals surface area contributed by atoms with Crippen LogP contribution in [0.15, 0.2) is 0 Å². The van der Waals surface area contributed by atoms with Gasteiger partial charge in [0.05, 0.1) is 12.2 Å². The summed E-state index contributed by atoms with van der Waals surface area (Å²) in [4.78, 5) is 0. The molecule has 54 valence electrons. The molecule has 0 amide bonds. The van der Waals surface area contributed by atoms with Crippen molar-refractivity contribution in [1.82, 2.24) is 0 Å². The monoisotopic (exact) mass is 130 g/mol. The average molecular weight is 130 g/mol. The molecule has 4 N–H and O–H groups in total. The first kappa shape index (κ1) is 6.99. The van der Waals surface area contributed by atoms with Gasteiger partial charge in [-0.1, -0.05) is 0 Å². The van der Waals surface area contributed by atoms with Crippen LogP contribution in [0.5, 0.6) is 0 Å². The molecule has 1 aliphatic rings. The van der Waals surface area contributed by atoms with Crippen molar-refractivity contribution < 1.29 is 4.74 Å². The van der Waals surface area contributed by atoms with E-state index in [1.54, 1.807) is 0 Å². The molecule has 9 heavy (non-hydrogen) atoms. The van der Waals surface area contributed by atoms with Gasteiger partial charge in [0.25, 0.3) is 0 Å². The fraction of sp³-hybridized carbons (Fsp3) is 1.00.